The fraction of sp³-hybridized carbons (Fsp3) is 0. The number of hydrogen-bond acceptors (Lipinski definition) is 4. The van der Waals surface area contributed by atoms with Gasteiger partial charge in [-0.15, -0.1) is 0 Å². The Morgan fingerprint density at radius 1 is 1.39 bits per heavy atom. The third kappa shape index (κ3) is 1.74. The number of carboxylic acids is 1. The zero-order chi connectivity index (χ0) is 12.7. The van der Waals surface area contributed by atoms with Crippen LogP contribution >= 0.6 is 11.3 Å². The van der Waals surface area contributed by atoms with E-state index in [1.165, 1.54) is 18.5 Å². The zero-order valence-corrected chi connectivity index (χ0v) is 9.69. The lowest BCUT2D eigenvalue weighted by Crippen LogP contribution is -1.90. The minimum atomic E-state index is -0.987. The standard InChI is InChI=1S/C11H6FN3O2S/c12-7-1-6(2-13-3-7)8-4-15-5-9(10(16)17)18-11(15)14-8/h1-5H,(H,16,17). The number of carboxylic acid groups (broad SMARTS) is 1. The van der Waals surface area contributed by atoms with Crippen LogP contribution in [-0.2, 0) is 0 Å². The molecule has 90 valence electrons. The van der Waals surface area contributed by atoms with Crippen LogP contribution < -0.4 is 0 Å². The maximum absolute atomic E-state index is 13.0. The number of halogens is 1. The van der Waals surface area contributed by atoms with Gasteiger partial charge in [-0.25, -0.2) is 14.2 Å². The second-order valence-corrected chi connectivity index (χ2v) is 4.62. The van der Waals surface area contributed by atoms with E-state index in [1.807, 2.05) is 0 Å². The van der Waals surface area contributed by atoms with Gasteiger partial charge in [-0.1, -0.05) is 11.3 Å². The first kappa shape index (κ1) is 10.8. The molecule has 0 fully saturated rings. The Morgan fingerprint density at radius 2 is 2.22 bits per heavy atom. The topological polar surface area (TPSA) is 67.5 Å². The highest BCUT2D eigenvalue weighted by atomic mass is 32.1. The van der Waals surface area contributed by atoms with E-state index in [0.717, 1.165) is 17.5 Å². The summed E-state index contributed by atoms with van der Waals surface area (Å²) in [4.78, 5) is 19.5. The quantitative estimate of drug-likeness (QED) is 0.770. The number of carbonyl (C=O) groups is 1. The minimum absolute atomic E-state index is 0.210. The highest BCUT2D eigenvalue weighted by Gasteiger charge is 2.12. The number of rotatable bonds is 2. The van der Waals surface area contributed by atoms with E-state index in [-0.39, 0.29) is 4.88 Å². The normalized spacial score (nSPS) is 10.9. The number of pyridine rings is 1. The molecule has 3 heterocycles. The predicted octanol–water partition coefficient (Wildman–Crippen LogP) is 2.30. The highest BCUT2D eigenvalue weighted by molar-refractivity contribution is 7.18. The van der Waals surface area contributed by atoms with Crippen molar-refractivity contribution in [3.63, 3.8) is 0 Å². The summed E-state index contributed by atoms with van der Waals surface area (Å²) in [5.41, 5.74) is 1.12. The molecule has 7 heteroatoms. The van der Waals surface area contributed by atoms with Crippen LogP contribution in [-0.4, -0.2) is 25.4 Å². The molecule has 0 atom stereocenters. The van der Waals surface area contributed by atoms with Gasteiger partial charge in [0.15, 0.2) is 4.96 Å². The molecule has 0 aliphatic carbocycles. The summed E-state index contributed by atoms with van der Waals surface area (Å²) in [6, 6.07) is 1.33. The van der Waals surface area contributed by atoms with Crippen LogP contribution in [0.15, 0.2) is 30.9 Å². The Labute approximate surface area is 104 Å². The Morgan fingerprint density at radius 3 is 2.89 bits per heavy atom. The SMILES string of the molecule is O=C(O)c1cn2cc(-c3cncc(F)c3)nc2s1. The van der Waals surface area contributed by atoms with Crippen molar-refractivity contribution in [2.24, 2.45) is 0 Å². The van der Waals surface area contributed by atoms with Gasteiger partial charge in [0.1, 0.15) is 10.7 Å². The summed E-state index contributed by atoms with van der Waals surface area (Å²) in [5.74, 6) is -1.42. The molecular weight excluding hydrogens is 257 g/mol. The Hall–Kier alpha value is -2.28. The van der Waals surface area contributed by atoms with E-state index in [1.54, 1.807) is 10.6 Å². The summed E-state index contributed by atoms with van der Waals surface area (Å²) in [7, 11) is 0. The number of thiazole rings is 1. The molecule has 1 N–H and O–H groups in total. The van der Waals surface area contributed by atoms with Crippen LogP contribution in [0.5, 0.6) is 0 Å². The largest absolute Gasteiger partial charge is 0.477 e. The second kappa shape index (κ2) is 3.88. The Balaban J connectivity index is 2.09. The number of hydrogen-bond donors (Lipinski definition) is 1. The second-order valence-electron chi connectivity index (χ2n) is 3.61. The Bertz CT molecular complexity index is 718. The molecule has 0 saturated carbocycles. The molecule has 0 bridgehead atoms. The van der Waals surface area contributed by atoms with Gasteiger partial charge in [0.05, 0.1) is 11.9 Å². The van der Waals surface area contributed by atoms with Crippen LogP contribution in [0.2, 0.25) is 0 Å². The molecule has 18 heavy (non-hydrogen) atoms. The first-order valence-corrected chi connectivity index (χ1v) is 5.78. The van der Waals surface area contributed by atoms with Gasteiger partial charge in [-0.05, 0) is 6.07 Å². The third-order valence-corrected chi connectivity index (χ3v) is 3.35. The van der Waals surface area contributed by atoms with E-state index >= 15 is 0 Å². The lowest BCUT2D eigenvalue weighted by Gasteiger charge is -1.94. The first-order chi connectivity index (χ1) is 8.63. The van der Waals surface area contributed by atoms with Crippen LogP contribution in [0.3, 0.4) is 0 Å². The van der Waals surface area contributed by atoms with Gasteiger partial charge >= 0.3 is 5.97 Å². The van der Waals surface area contributed by atoms with Crippen molar-refractivity contribution in [1.29, 1.82) is 0 Å². The van der Waals surface area contributed by atoms with Crippen molar-refractivity contribution in [3.05, 3.63) is 41.5 Å². The van der Waals surface area contributed by atoms with E-state index in [4.69, 9.17) is 5.11 Å². The molecule has 0 aliphatic rings. The fourth-order valence-corrected chi connectivity index (χ4v) is 2.39. The molecular formula is C11H6FN3O2S. The van der Waals surface area contributed by atoms with Gasteiger partial charge in [0.25, 0.3) is 0 Å². The number of aromatic carboxylic acids is 1. The summed E-state index contributed by atoms with van der Waals surface area (Å²) in [5, 5.41) is 8.84. The maximum atomic E-state index is 13.0. The van der Waals surface area contributed by atoms with Crippen molar-refractivity contribution < 1.29 is 14.3 Å². The molecule has 5 nitrogen and oxygen atoms in total. The number of aromatic nitrogens is 3. The molecule has 0 aliphatic heterocycles. The molecule has 0 saturated heterocycles. The lowest BCUT2D eigenvalue weighted by atomic mass is 10.2. The summed E-state index contributed by atoms with van der Waals surface area (Å²) in [6.45, 7) is 0. The van der Waals surface area contributed by atoms with E-state index in [2.05, 4.69) is 9.97 Å². The number of nitrogens with zero attached hydrogens (tertiary/aromatic N) is 3. The van der Waals surface area contributed by atoms with Crippen LogP contribution in [0.1, 0.15) is 9.67 Å². The smallest absolute Gasteiger partial charge is 0.347 e. The van der Waals surface area contributed by atoms with Crippen LogP contribution in [0.25, 0.3) is 16.2 Å². The van der Waals surface area contributed by atoms with Gasteiger partial charge in [-0.3, -0.25) is 9.38 Å². The Kier molecular flexibility index (Phi) is 2.34. The minimum Gasteiger partial charge on any atom is -0.477 e. The monoisotopic (exact) mass is 263 g/mol. The van der Waals surface area contributed by atoms with Gasteiger partial charge < -0.3 is 5.11 Å². The average molecular weight is 263 g/mol. The average Bonchev–Trinajstić information content (AvgIpc) is 2.86. The lowest BCUT2D eigenvalue weighted by molar-refractivity contribution is 0.0702. The molecule has 0 amide bonds. The van der Waals surface area contributed by atoms with Crippen molar-refractivity contribution >= 4 is 22.3 Å². The van der Waals surface area contributed by atoms with Crippen LogP contribution in [0.4, 0.5) is 4.39 Å². The maximum Gasteiger partial charge on any atom is 0.347 e. The fourth-order valence-electron chi connectivity index (χ4n) is 1.59. The predicted molar refractivity (Wildman–Crippen MR) is 63.2 cm³/mol. The third-order valence-electron chi connectivity index (χ3n) is 2.37. The summed E-state index contributed by atoms with van der Waals surface area (Å²) < 4.78 is 14.6. The number of imidazole rings is 1. The first-order valence-electron chi connectivity index (χ1n) is 4.96. The summed E-state index contributed by atoms with van der Waals surface area (Å²) >= 11 is 1.06. The molecule has 3 rings (SSSR count). The van der Waals surface area contributed by atoms with Gasteiger partial charge in [-0.2, -0.15) is 0 Å². The van der Waals surface area contributed by atoms with E-state index in [9.17, 15) is 9.18 Å². The summed E-state index contributed by atoms with van der Waals surface area (Å²) in [6.07, 6.45) is 5.75. The number of fused-ring (bicyclic) bond motifs is 1. The van der Waals surface area contributed by atoms with Crippen molar-refractivity contribution in [3.8, 4) is 11.3 Å². The van der Waals surface area contributed by atoms with Crippen molar-refractivity contribution in [2.75, 3.05) is 0 Å². The highest BCUT2D eigenvalue weighted by Crippen LogP contribution is 2.23. The van der Waals surface area contributed by atoms with Gasteiger partial charge in [0.2, 0.25) is 0 Å². The van der Waals surface area contributed by atoms with E-state index < -0.39 is 11.8 Å². The molecule has 3 aromatic heterocycles. The molecule has 3 aromatic rings. The van der Waals surface area contributed by atoms with E-state index in [0.29, 0.717) is 16.2 Å². The molecule has 0 radical (unpaired) electrons. The van der Waals surface area contributed by atoms with Crippen molar-refractivity contribution in [1.82, 2.24) is 14.4 Å². The van der Waals surface area contributed by atoms with Crippen molar-refractivity contribution in [2.45, 2.75) is 0 Å². The zero-order valence-electron chi connectivity index (χ0n) is 8.87. The molecule has 0 unspecified atom stereocenters. The molecule has 0 spiro atoms. The van der Waals surface area contributed by atoms with Gasteiger partial charge in [0, 0.05) is 24.2 Å². The molecule has 0 aromatic carbocycles. The van der Waals surface area contributed by atoms with Crippen LogP contribution in [0, 0.1) is 5.82 Å².